The van der Waals surface area contributed by atoms with Gasteiger partial charge >= 0.3 is 0 Å². The zero-order valence-electron chi connectivity index (χ0n) is 10.7. The van der Waals surface area contributed by atoms with Crippen LogP contribution >= 0.6 is 0 Å². The molecular weight excluding hydrogens is 172 g/mol. The highest BCUT2D eigenvalue weighted by Gasteiger charge is 2.30. The molecule has 0 spiro atoms. The Morgan fingerprint density at radius 2 is 1.86 bits per heavy atom. The fourth-order valence-electron chi connectivity index (χ4n) is 2.33. The Morgan fingerprint density at radius 1 is 1.21 bits per heavy atom. The quantitative estimate of drug-likeness (QED) is 0.658. The summed E-state index contributed by atoms with van der Waals surface area (Å²) >= 11 is 0. The molecule has 0 aliphatic heterocycles. The molecule has 0 saturated heterocycles. The van der Waals surface area contributed by atoms with E-state index in [4.69, 9.17) is 4.74 Å². The Balaban J connectivity index is 0.000000791. The first kappa shape index (κ1) is 14.0. The van der Waals surface area contributed by atoms with Gasteiger partial charge in [0.05, 0.1) is 6.10 Å². The second kappa shape index (κ2) is 8.28. The molecule has 1 nitrogen and oxygen atoms in total. The predicted octanol–water partition coefficient (Wildman–Crippen LogP) is 4.26. The molecule has 3 unspecified atom stereocenters. The van der Waals surface area contributed by atoms with Gasteiger partial charge in [-0.3, -0.25) is 0 Å². The molecule has 0 aromatic heterocycles. The van der Waals surface area contributed by atoms with Crippen molar-refractivity contribution in [2.45, 2.75) is 65.9 Å². The van der Waals surface area contributed by atoms with E-state index in [9.17, 15) is 0 Å². The summed E-state index contributed by atoms with van der Waals surface area (Å²) in [5, 5.41) is 0. The SMILES string of the molecule is CC.CCCCC1CC(OC)CC1C. The Bertz CT molecular complexity index is 122. The average molecular weight is 200 g/mol. The third kappa shape index (κ3) is 4.45. The molecule has 1 aliphatic carbocycles. The first-order chi connectivity index (χ1) is 6.77. The third-order valence-electron chi connectivity index (χ3n) is 3.27. The highest BCUT2D eigenvalue weighted by molar-refractivity contribution is 4.81. The largest absolute Gasteiger partial charge is 0.381 e. The Hall–Kier alpha value is -0.0400. The Labute approximate surface area is 90.2 Å². The van der Waals surface area contributed by atoms with Crippen LogP contribution in [-0.4, -0.2) is 13.2 Å². The fourth-order valence-corrected chi connectivity index (χ4v) is 2.33. The molecule has 14 heavy (non-hydrogen) atoms. The molecular formula is C13H28O. The van der Waals surface area contributed by atoms with Gasteiger partial charge in [-0.1, -0.05) is 47.0 Å². The predicted molar refractivity (Wildman–Crippen MR) is 63.6 cm³/mol. The zero-order chi connectivity index (χ0) is 11.0. The zero-order valence-corrected chi connectivity index (χ0v) is 10.7. The van der Waals surface area contributed by atoms with Gasteiger partial charge in [-0.25, -0.2) is 0 Å². The number of rotatable bonds is 4. The normalized spacial score (nSPS) is 31.1. The number of hydrogen-bond donors (Lipinski definition) is 0. The Kier molecular flexibility index (Phi) is 8.26. The second-order valence-electron chi connectivity index (χ2n) is 4.21. The van der Waals surface area contributed by atoms with Crippen LogP contribution in [0.3, 0.4) is 0 Å². The highest BCUT2D eigenvalue weighted by atomic mass is 16.5. The third-order valence-corrected chi connectivity index (χ3v) is 3.27. The van der Waals surface area contributed by atoms with Crippen LogP contribution in [0.25, 0.3) is 0 Å². The standard InChI is InChI=1S/C11H22O.C2H6/c1-4-5-6-10-8-11(12-3)7-9(10)2;1-2/h9-11H,4-8H2,1-3H3;1-2H3. The number of unbranched alkanes of at least 4 members (excludes halogenated alkanes) is 1. The van der Waals surface area contributed by atoms with E-state index in [-0.39, 0.29) is 0 Å². The molecule has 3 atom stereocenters. The molecule has 0 amide bonds. The Morgan fingerprint density at radius 3 is 2.29 bits per heavy atom. The van der Waals surface area contributed by atoms with Crippen molar-refractivity contribution in [1.29, 1.82) is 0 Å². The summed E-state index contributed by atoms with van der Waals surface area (Å²) in [5.74, 6) is 1.83. The molecule has 0 aromatic rings. The van der Waals surface area contributed by atoms with Gasteiger partial charge in [0.1, 0.15) is 0 Å². The number of hydrogen-bond acceptors (Lipinski definition) is 1. The van der Waals surface area contributed by atoms with Crippen molar-refractivity contribution >= 4 is 0 Å². The van der Waals surface area contributed by atoms with E-state index in [2.05, 4.69) is 13.8 Å². The van der Waals surface area contributed by atoms with Crippen LogP contribution in [0.2, 0.25) is 0 Å². The van der Waals surface area contributed by atoms with Crippen molar-refractivity contribution in [3.63, 3.8) is 0 Å². The first-order valence-corrected chi connectivity index (χ1v) is 6.30. The van der Waals surface area contributed by atoms with Crippen LogP contribution in [0.15, 0.2) is 0 Å². The van der Waals surface area contributed by atoms with Crippen molar-refractivity contribution in [2.75, 3.05) is 7.11 Å². The van der Waals surface area contributed by atoms with Gasteiger partial charge in [-0.05, 0) is 24.7 Å². The van der Waals surface area contributed by atoms with E-state index in [1.807, 2.05) is 21.0 Å². The van der Waals surface area contributed by atoms with E-state index in [1.54, 1.807) is 0 Å². The van der Waals surface area contributed by atoms with Crippen LogP contribution in [0.5, 0.6) is 0 Å². The summed E-state index contributed by atoms with van der Waals surface area (Å²) < 4.78 is 5.39. The van der Waals surface area contributed by atoms with Gasteiger partial charge in [0, 0.05) is 7.11 Å². The molecule has 1 saturated carbocycles. The summed E-state index contributed by atoms with van der Waals surface area (Å²) in [6.07, 6.45) is 7.29. The molecule has 1 rings (SSSR count). The van der Waals surface area contributed by atoms with E-state index in [1.165, 1.54) is 32.1 Å². The number of ether oxygens (including phenoxy) is 1. The maximum absolute atomic E-state index is 5.39. The lowest BCUT2D eigenvalue weighted by molar-refractivity contribution is 0.103. The minimum absolute atomic E-state index is 0.557. The van der Waals surface area contributed by atoms with Crippen LogP contribution in [0.1, 0.15) is 59.8 Å². The summed E-state index contributed by atoms with van der Waals surface area (Å²) in [5.41, 5.74) is 0. The molecule has 0 radical (unpaired) electrons. The van der Waals surface area contributed by atoms with Crippen molar-refractivity contribution in [3.8, 4) is 0 Å². The lowest BCUT2D eigenvalue weighted by Crippen LogP contribution is -2.04. The fraction of sp³-hybridized carbons (Fsp3) is 1.00. The second-order valence-corrected chi connectivity index (χ2v) is 4.21. The molecule has 0 bridgehead atoms. The molecule has 0 aromatic carbocycles. The van der Waals surface area contributed by atoms with Crippen LogP contribution < -0.4 is 0 Å². The topological polar surface area (TPSA) is 9.23 Å². The van der Waals surface area contributed by atoms with Gasteiger partial charge in [0.25, 0.3) is 0 Å². The van der Waals surface area contributed by atoms with Crippen molar-refractivity contribution < 1.29 is 4.74 Å². The summed E-state index contributed by atoms with van der Waals surface area (Å²) in [6.45, 7) is 8.65. The summed E-state index contributed by atoms with van der Waals surface area (Å²) in [4.78, 5) is 0. The number of methoxy groups -OCH3 is 1. The lowest BCUT2D eigenvalue weighted by atomic mass is 9.93. The van der Waals surface area contributed by atoms with E-state index in [0.29, 0.717) is 6.10 Å². The average Bonchev–Trinajstić information content (AvgIpc) is 2.59. The molecule has 1 heteroatoms. The molecule has 1 fully saturated rings. The first-order valence-electron chi connectivity index (χ1n) is 6.30. The molecule has 86 valence electrons. The van der Waals surface area contributed by atoms with Crippen molar-refractivity contribution in [1.82, 2.24) is 0 Å². The van der Waals surface area contributed by atoms with Crippen LogP contribution in [0.4, 0.5) is 0 Å². The van der Waals surface area contributed by atoms with E-state index >= 15 is 0 Å². The van der Waals surface area contributed by atoms with E-state index < -0.39 is 0 Å². The lowest BCUT2D eigenvalue weighted by Gasteiger charge is -2.13. The highest BCUT2D eigenvalue weighted by Crippen LogP contribution is 2.36. The smallest absolute Gasteiger partial charge is 0.0576 e. The van der Waals surface area contributed by atoms with Gasteiger partial charge in [-0.2, -0.15) is 0 Å². The summed E-state index contributed by atoms with van der Waals surface area (Å²) in [7, 11) is 1.85. The molecule has 1 aliphatic rings. The molecule has 0 heterocycles. The van der Waals surface area contributed by atoms with Crippen LogP contribution in [0, 0.1) is 11.8 Å². The maximum atomic E-state index is 5.39. The van der Waals surface area contributed by atoms with Gasteiger partial charge in [0.15, 0.2) is 0 Å². The van der Waals surface area contributed by atoms with Crippen molar-refractivity contribution in [2.24, 2.45) is 11.8 Å². The minimum Gasteiger partial charge on any atom is -0.381 e. The monoisotopic (exact) mass is 200 g/mol. The van der Waals surface area contributed by atoms with E-state index in [0.717, 1.165) is 11.8 Å². The van der Waals surface area contributed by atoms with Crippen LogP contribution in [-0.2, 0) is 4.74 Å². The van der Waals surface area contributed by atoms with Gasteiger partial charge in [0.2, 0.25) is 0 Å². The summed E-state index contributed by atoms with van der Waals surface area (Å²) in [6, 6.07) is 0. The van der Waals surface area contributed by atoms with Gasteiger partial charge in [-0.15, -0.1) is 0 Å². The minimum atomic E-state index is 0.557. The van der Waals surface area contributed by atoms with Crippen molar-refractivity contribution in [3.05, 3.63) is 0 Å². The van der Waals surface area contributed by atoms with Gasteiger partial charge < -0.3 is 4.74 Å². The molecule has 0 N–H and O–H groups in total. The maximum Gasteiger partial charge on any atom is 0.0576 e.